The van der Waals surface area contributed by atoms with Crippen LogP contribution in [-0.4, -0.2) is 9.97 Å². The second-order valence-electron chi connectivity index (χ2n) is 4.27. The number of rotatable bonds is 5. The zero-order valence-corrected chi connectivity index (χ0v) is 9.79. The zero-order chi connectivity index (χ0) is 11.4. The summed E-state index contributed by atoms with van der Waals surface area (Å²) in [5.41, 5.74) is 8.57. The number of unbranched alkanes of at least 4 members (excludes halogenated alkanes) is 3. The monoisotopic (exact) mass is 217 g/mol. The van der Waals surface area contributed by atoms with Crippen LogP contribution >= 0.6 is 0 Å². The van der Waals surface area contributed by atoms with Gasteiger partial charge in [0.2, 0.25) is 0 Å². The molecule has 0 unspecified atom stereocenters. The molecule has 0 atom stereocenters. The summed E-state index contributed by atoms with van der Waals surface area (Å²) >= 11 is 0. The van der Waals surface area contributed by atoms with Gasteiger partial charge in [-0.1, -0.05) is 26.2 Å². The molecule has 3 heteroatoms. The van der Waals surface area contributed by atoms with Crippen molar-refractivity contribution in [1.82, 2.24) is 9.97 Å². The predicted octanol–water partition coefficient (Wildman–Crippen LogP) is 3.27. The van der Waals surface area contributed by atoms with E-state index in [0.717, 1.165) is 29.0 Å². The number of nitrogens with one attached hydrogen (secondary N) is 1. The molecular weight excluding hydrogens is 198 g/mol. The summed E-state index contributed by atoms with van der Waals surface area (Å²) in [6.45, 7) is 2.23. The maximum absolute atomic E-state index is 5.73. The number of imidazole rings is 1. The van der Waals surface area contributed by atoms with Gasteiger partial charge in [0.05, 0.1) is 11.0 Å². The lowest BCUT2D eigenvalue weighted by Crippen LogP contribution is -1.87. The molecule has 16 heavy (non-hydrogen) atoms. The van der Waals surface area contributed by atoms with Crippen molar-refractivity contribution < 1.29 is 0 Å². The summed E-state index contributed by atoms with van der Waals surface area (Å²) in [5.74, 6) is 1.08. The van der Waals surface area contributed by atoms with Gasteiger partial charge in [0.25, 0.3) is 0 Å². The van der Waals surface area contributed by atoms with Gasteiger partial charge >= 0.3 is 0 Å². The first kappa shape index (κ1) is 11.0. The highest BCUT2D eigenvalue weighted by atomic mass is 14.9. The lowest BCUT2D eigenvalue weighted by atomic mass is 10.1. The van der Waals surface area contributed by atoms with Crippen LogP contribution in [0, 0.1) is 0 Å². The van der Waals surface area contributed by atoms with Gasteiger partial charge in [-0.3, -0.25) is 0 Å². The first-order chi connectivity index (χ1) is 7.79. The number of hydrogen-bond donors (Lipinski definition) is 2. The van der Waals surface area contributed by atoms with Crippen molar-refractivity contribution in [2.24, 2.45) is 0 Å². The second-order valence-corrected chi connectivity index (χ2v) is 4.27. The molecule has 1 aromatic carbocycles. The summed E-state index contributed by atoms with van der Waals surface area (Å²) < 4.78 is 0. The average Bonchev–Trinajstić information content (AvgIpc) is 2.66. The molecular formula is C13H19N3. The average molecular weight is 217 g/mol. The Morgan fingerprint density at radius 2 is 2.12 bits per heavy atom. The number of nitrogens with two attached hydrogens (primary N) is 1. The highest BCUT2D eigenvalue weighted by Crippen LogP contribution is 2.16. The fourth-order valence-electron chi connectivity index (χ4n) is 1.92. The molecule has 1 aromatic heterocycles. The highest BCUT2D eigenvalue weighted by Gasteiger charge is 2.02. The van der Waals surface area contributed by atoms with E-state index in [1.807, 2.05) is 18.2 Å². The number of hydrogen-bond acceptors (Lipinski definition) is 2. The minimum Gasteiger partial charge on any atom is -0.399 e. The molecule has 2 aromatic rings. The number of H-pyrrole nitrogens is 1. The van der Waals surface area contributed by atoms with Crippen LogP contribution in [0.1, 0.15) is 38.4 Å². The fraction of sp³-hybridized carbons (Fsp3) is 0.462. The van der Waals surface area contributed by atoms with E-state index in [1.54, 1.807) is 0 Å². The van der Waals surface area contributed by atoms with E-state index in [1.165, 1.54) is 25.7 Å². The third-order valence-electron chi connectivity index (χ3n) is 2.82. The van der Waals surface area contributed by atoms with Gasteiger partial charge in [-0.25, -0.2) is 4.98 Å². The standard InChI is InChI=1S/C13H19N3/c1-2-3-4-5-6-13-15-11-8-7-10(14)9-12(11)16-13/h7-9H,2-6,14H2,1H3,(H,15,16). The molecule has 1 heterocycles. The lowest BCUT2D eigenvalue weighted by molar-refractivity contribution is 0.656. The molecule has 0 saturated heterocycles. The normalized spacial score (nSPS) is 11.1. The van der Waals surface area contributed by atoms with Crippen LogP contribution in [0.3, 0.4) is 0 Å². The van der Waals surface area contributed by atoms with Gasteiger partial charge in [0, 0.05) is 12.1 Å². The van der Waals surface area contributed by atoms with Crippen LogP contribution in [0.2, 0.25) is 0 Å². The molecule has 0 spiro atoms. The summed E-state index contributed by atoms with van der Waals surface area (Å²) in [6, 6.07) is 5.80. The Bertz CT molecular complexity index is 459. The number of fused-ring (bicyclic) bond motifs is 1. The highest BCUT2D eigenvalue weighted by molar-refractivity contribution is 5.78. The number of aromatic nitrogens is 2. The first-order valence-corrected chi connectivity index (χ1v) is 6.03. The van der Waals surface area contributed by atoms with E-state index in [-0.39, 0.29) is 0 Å². The number of anilines is 1. The van der Waals surface area contributed by atoms with Gasteiger partial charge in [-0.05, 0) is 24.6 Å². The minimum atomic E-state index is 0.786. The van der Waals surface area contributed by atoms with Crippen LogP contribution < -0.4 is 5.73 Å². The van der Waals surface area contributed by atoms with E-state index in [0.29, 0.717) is 0 Å². The van der Waals surface area contributed by atoms with Crippen molar-refractivity contribution in [2.75, 3.05) is 5.73 Å². The molecule has 0 aliphatic heterocycles. The van der Waals surface area contributed by atoms with Gasteiger partial charge in [-0.15, -0.1) is 0 Å². The molecule has 0 saturated carbocycles. The number of benzene rings is 1. The van der Waals surface area contributed by atoms with Crippen molar-refractivity contribution >= 4 is 16.7 Å². The van der Waals surface area contributed by atoms with Gasteiger partial charge in [-0.2, -0.15) is 0 Å². The Balaban J connectivity index is 2.02. The zero-order valence-electron chi connectivity index (χ0n) is 9.79. The second kappa shape index (κ2) is 5.01. The van der Waals surface area contributed by atoms with Crippen molar-refractivity contribution in [3.05, 3.63) is 24.0 Å². The third-order valence-corrected chi connectivity index (χ3v) is 2.82. The molecule has 0 fully saturated rings. The lowest BCUT2D eigenvalue weighted by Gasteiger charge is -1.95. The molecule has 0 aliphatic rings. The topological polar surface area (TPSA) is 54.7 Å². The molecule has 0 radical (unpaired) electrons. The molecule has 86 valence electrons. The number of nitrogen functional groups attached to an aromatic ring is 1. The van der Waals surface area contributed by atoms with E-state index in [9.17, 15) is 0 Å². The molecule has 0 aliphatic carbocycles. The summed E-state index contributed by atoms with van der Waals surface area (Å²) in [5, 5.41) is 0. The SMILES string of the molecule is CCCCCCc1nc2ccc(N)cc2[nH]1. The van der Waals surface area contributed by atoms with Crippen LogP contribution in [0.15, 0.2) is 18.2 Å². The maximum atomic E-state index is 5.73. The van der Waals surface area contributed by atoms with Gasteiger partial charge in [0.1, 0.15) is 5.82 Å². The molecule has 2 rings (SSSR count). The Hall–Kier alpha value is -1.51. The molecule has 3 nitrogen and oxygen atoms in total. The van der Waals surface area contributed by atoms with Crippen LogP contribution in [0.25, 0.3) is 11.0 Å². The summed E-state index contributed by atoms with van der Waals surface area (Å²) in [4.78, 5) is 7.86. The van der Waals surface area contributed by atoms with E-state index in [4.69, 9.17) is 5.73 Å². The van der Waals surface area contributed by atoms with Crippen LogP contribution in [0.5, 0.6) is 0 Å². The predicted molar refractivity (Wildman–Crippen MR) is 68.4 cm³/mol. The number of nitrogens with zero attached hydrogens (tertiary/aromatic N) is 1. The van der Waals surface area contributed by atoms with Crippen molar-refractivity contribution in [3.8, 4) is 0 Å². The Kier molecular flexibility index (Phi) is 3.44. The minimum absolute atomic E-state index is 0.786. The first-order valence-electron chi connectivity index (χ1n) is 6.03. The summed E-state index contributed by atoms with van der Waals surface area (Å²) in [7, 11) is 0. The van der Waals surface area contributed by atoms with Crippen molar-refractivity contribution in [2.45, 2.75) is 39.0 Å². The number of aromatic amines is 1. The van der Waals surface area contributed by atoms with Crippen LogP contribution in [0.4, 0.5) is 5.69 Å². The molecule has 3 N–H and O–H groups in total. The summed E-state index contributed by atoms with van der Waals surface area (Å²) in [6.07, 6.45) is 6.12. The molecule has 0 bridgehead atoms. The van der Waals surface area contributed by atoms with Crippen molar-refractivity contribution in [3.63, 3.8) is 0 Å². The third kappa shape index (κ3) is 2.54. The largest absolute Gasteiger partial charge is 0.399 e. The molecule has 0 amide bonds. The van der Waals surface area contributed by atoms with Crippen LogP contribution in [-0.2, 0) is 6.42 Å². The van der Waals surface area contributed by atoms with E-state index in [2.05, 4.69) is 16.9 Å². The maximum Gasteiger partial charge on any atom is 0.107 e. The Morgan fingerprint density at radius 1 is 1.25 bits per heavy atom. The van der Waals surface area contributed by atoms with Gasteiger partial charge < -0.3 is 10.7 Å². The van der Waals surface area contributed by atoms with E-state index < -0.39 is 0 Å². The smallest absolute Gasteiger partial charge is 0.107 e. The number of aryl methyl sites for hydroxylation is 1. The fourth-order valence-corrected chi connectivity index (χ4v) is 1.92. The van der Waals surface area contributed by atoms with Crippen molar-refractivity contribution in [1.29, 1.82) is 0 Å². The quantitative estimate of drug-likeness (QED) is 0.596. The van der Waals surface area contributed by atoms with Gasteiger partial charge in [0.15, 0.2) is 0 Å². The Labute approximate surface area is 96.1 Å². The van der Waals surface area contributed by atoms with E-state index >= 15 is 0 Å². The Morgan fingerprint density at radius 3 is 2.94 bits per heavy atom.